The standard InChI is InChI=1S/C16H16ClNO3S/c1-3-12-18(14-6-8-15(21-2)9-7-14)22(19,20)16-10-4-13(17)5-11-16/h3-11H,1,12H2,2H3. The van der Waals surface area contributed by atoms with E-state index in [1.807, 2.05) is 0 Å². The average molecular weight is 338 g/mol. The predicted molar refractivity (Wildman–Crippen MR) is 89.2 cm³/mol. The minimum atomic E-state index is -3.69. The largest absolute Gasteiger partial charge is 0.497 e. The lowest BCUT2D eigenvalue weighted by molar-refractivity contribution is 0.415. The van der Waals surface area contributed by atoms with Crippen LogP contribution in [0.4, 0.5) is 5.69 Å². The fourth-order valence-corrected chi connectivity index (χ4v) is 3.50. The van der Waals surface area contributed by atoms with Crippen LogP contribution in [0.2, 0.25) is 5.02 Å². The van der Waals surface area contributed by atoms with E-state index in [0.717, 1.165) is 0 Å². The number of methoxy groups -OCH3 is 1. The maximum Gasteiger partial charge on any atom is 0.264 e. The van der Waals surface area contributed by atoms with E-state index in [9.17, 15) is 8.42 Å². The van der Waals surface area contributed by atoms with Crippen molar-refractivity contribution in [3.8, 4) is 5.75 Å². The van der Waals surface area contributed by atoms with Crippen LogP contribution in [-0.2, 0) is 10.0 Å². The van der Waals surface area contributed by atoms with Gasteiger partial charge >= 0.3 is 0 Å². The summed E-state index contributed by atoms with van der Waals surface area (Å²) < 4.78 is 32.0. The van der Waals surface area contributed by atoms with Gasteiger partial charge in [0.2, 0.25) is 0 Å². The third-order valence-corrected chi connectivity index (χ3v) is 5.12. The first kappa shape index (κ1) is 16.4. The second-order valence-electron chi connectivity index (χ2n) is 4.48. The normalized spacial score (nSPS) is 11.0. The zero-order chi connectivity index (χ0) is 16.2. The zero-order valence-corrected chi connectivity index (χ0v) is 13.6. The third-order valence-electron chi connectivity index (χ3n) is 3.06. The van der Waals surface area contributed by atoms with Gasteiger partial charge in [0.05, 0.1) is 24.2 Å². The monoisotopic (exact) mass is 337 g/mol. The Hall–Kier alpha value is -1.98. The maximum absolute atomic E-state index is 12.8. The van der Waals surface area contributed by atoms with Crippen LogP contribution < -0.4 is 9.04 Å². The second kappa shape index (κ2) is 6.85. The molecule has 6 heteroatoms. The third kappa shape index (κ3) is 3.43. The van der Waals surface area contributed by atoms with Crippen LogP contribution in [0.25, 0.3) is 0 Å². The first-order chi connectivity index (χ1) is 10.5. The van der Waals surface area contributed by atoms with E-state index in [1.165, 1.54) is 22.5 Å². The lowest BCUT2D eigenvalue weighted by atomic mass is 10.3. The van der Waals surface area contributed by atoms with Crippen molar-refractivity contribution in [2.75, 3.05) is 18.0 Å². The van der Waals surface area contributed by atoms with Crippen LogP contribution in [0.15, 0.2) is 66.1 Å². The number of sulfonamides is 1. The molecule has 0 N–H and O–H groups in total. The predicted octanol–water partition coefficient (Wildman–Crippen LogP) is 3.73. The Morgan fingerprint density at radius 2 is 1.73 bits per heavy atom. The van der Waals surface area contributed by atoms with Crippen LogP contribution in [-0.4, -0.2) is 22.1 Å². The van der Waals surface area contributed by atoms with E-state index in [0.29, 0.717) is 16.5 Å². The molecule has 2 aromatic carbocycles. The Kier molecular flexibility index (Phi) is 5.11. The van der Waals surface area contributed by atoms with Gasteiger partial charge in [0.15, 0.2) is 0 Å². The van der Waals surface area contributed by atoms with Crippen LogP contribution in [0, 0.1) is 0 Å². The molecule has 0 heterocycles. The molecule has 0 aromatic heterocycles. The van der Waals surface area contributed by atoms with Gasteiger partial charge in [-0.05, 0) is 48.5 Å². The summed E-state index contributed by atoms with van der Waals surface area (Å²) in [6.07, 6.45) is 1.54. The molecule has 0 atom stereocenters. The van der Waals surface area contributed by atoms with Gasteiger partial charge in [-0.15, -0.1) is 6.58 Å². The summed E-state index contributed by atoms with van der Waals surface area (Å²) in [4.78, 5) is 0.176. The fourth-order valence-electron chi connectivity index (χ4n) is 1.94. The van der Waals surface area contributed by atoms with E-state index in [4.69, 9.17) is 16.3 Å². The molecule has 0 aliphatic carbocycles. The van der Waals surface area contributed by atoms with Crippen molar-refractivity contribution >= 4 is 27.3 Å². The summed E-state index contributed by atoms with van der Waals surface area (Å²) in [6, 6.07) is 12.9. The number of benzene rings is 2. The van der Waals surface area contributed by atoms with Crippen LogP contribution >= 0.6 is 11.6 Å². The molecule has 0 fully saturated rings. The van der Waals surface area contributed by atoms with Gasteiger partial charge in [0.25, 0.3) is 10.0 Å². The maximum atomic E-state index is 12.8. The Morgan fingerprint density at radius 1 is 1.14 bits per heavy atom. The first-order valence-electron chi connectivity index (χ1n) is 6.52. The molecule has 22 heavy (non-hydrogen) atoms. The quantitative estimate of drug-likeness (QED) is 0.754. The Morgan fingerprint density at radius 3 is 2.23 bits per heavy atom. The highest BCUT2D eigenvalue weighted by molar-refractivity contribution is 7.92. The molecule has 0 saturated carbocycles. The fraction of sp³-hybridized carbons (Fsp3) is 0.125. The lowest BCUT2D eigenvalue weighted by Gasteiger charge is -2.23. The number of halogens is 1. The molecule has 116 valence electrons. The number of hydrogen-bond donors (Lipinski definition) is 0. The lowest BCUT2D eigenvalue weighted by Crippen LogP contribution is -2.31. The molecule has 0 saturated heterocycles. The second-order valence-corrected chi connectivity index (χ2v) is 6.78. The van der Waals surface area contributed by atoms with Crippen LogP contribution in [0.3, 0.4) is 0 Å². The van der Waals surface area contributed by atoms with Gasteiger partial charge in [-0.3, -0.25) is 4.31 Å². The first-order valence-corrected chi connectivity index (χ1v) is 8.34. The van der Waals surface area contributed by atoms with Gasteiger partial charge in [-0.1, -0.05) is 17.7 Å². The van der Waals surface area contributed by atoms with Crippen molar-refractivity contribution in [2.24, 2.45) is 0 Å². The highest BCUT2D eigenvalue weighted by Gasteiger charge is 2.23. The number of rotatable bonds is 6. The van der Waals surface area contributed by atoms with E-state index in [1.54, 1.807) is 43.5 Å². The van der Waals surface area contributed by atoms with Crippen molar-refractivity contribution in [1.82, 2.24) is 0 Å². The molecular formula is C16H16ClNO3S. The summed E-state index contributed by atoms with van der Waals surface area (Å²) in [5.74, 6) is 0.659. The Bertz CT molecular complexity index is 740. The van der Waals surface area contributed by atoms with Crippen molar-refractivity contribution in [1.29, 1.82) is 0 Å². The summed E-state index contributed by atoms with van der Waals surface area (Å²) in [7, 11) is -2.13. The minimum Gasteiger partial charge on any atom is -0.497 e. The van der Waals surface area contributed by atoms with E-state index < -0.39 is 10.0 Å². The summed E-state index contributed by atoms with van der Waals surface area (Å²) >= 11 is 5.81. The molecule has 4 nitrogen and oxygen atoms in total. The van der Waals surface area contributed by atoms with Crippen molar-refractivity contribution in [3.63, 3.8) is 0 Å². The van der Waals surface area contributed by atoms with E-state index >= 15 is 0 Å². The van der Waals surface area contributed by atoms with Crippen molar-refractivity contribution in [3.05, 3.63) is 66.2 Å². The molecule has 0 aliphatic rings. The molecule has 0 aliphatic heterocycles. The SMILES string of the molecule is C=CCN(c1ccc(OC)cc1)S(=O)(=O)c1ccc(Cl)cc1. The highest BCUT2D eigenvalue weighted by Crippen LogP contribution is 2.26. The summed E-state index contributed by atoms with van der Waals surface area (Å²) in [5, 5.41) is 0.485. The Labute approximate surface area is 135 Å². The highest BCUT2D eigenvalue weighted by atomic mass is 35.5. The van der Waals surface area contributed by atoms with E-state index in [2.05, 4.69) is 6.58 Å². The number of ether oxygens (including phenoxy) is 1. The van der Waals surface area contributed by atoms with Gasteiger partial charge in [0, 0.05) is 5.02 Å². The number of hydrogen-bond acceptors (Lipinski definition) is 3. The molecular weight excluding hydrogens is 322 g/mol. The van der Waals surface area contributed by atoms with Gasteiger partial charge in [0.1, 0.15) is 5.75 Å². The molecule has 2 aromatic rings. The molecule has 0 bridgehead atoms. The average Bonchev–Trinajstić information content (AvgIpc) is 2.53. The smallest absolute Gasteiger partial charge is 0.264 e. The molecule has 0 unspecified atom stereocenters. The summed E-state index contributed by atoms with van der Waals surface area (Å²) in [6.45, 7) is 3.79. The van der Waals surface area contributed by atoms with Gasteiger partial charge in [-0.2, -0.15) is 0 Å². The Balaban J connectivity index is 2.45. The van der Waals surface area contributed by atoms with Crippen molar-refractivity contribution in [2.45, 2.75) is 4.90 Å². The summed E-state index contributed by atoms with van der Waals surface area (Å²) in [5.41, 5.74) is 0.538. The van der Waals surface area contributed by atoms with Crippen LogP contribution in [0.5, 0.6) is 5.75 Å². The zero-order valence-electron chi connectivity index (χ0n) is 12.1. The molecule has 0 spiro atoms. The minimum absolute atomic E-state index is 0.164. The topological polar surface area (TPSA) is 46.6 Å². The van der Waals surface area contributed by atoms with Gasteiger partial charge in [-0.25, -0.2) is 8.42 Å². The number of nitrogens with zero attached hydrogens (tertiary/aromatic N) is 1. The molecule has 2 rings (SSSR count). The number of anilines is 1. The van der Waals surface area contributed by atoms with E-state index in [-0.39, 0.29) is 11.4 Å². The van der Waals surface area contributed by atoms with Crippen molar-refractivity contribution < 1.29 is 13.2 Å². The van der Waals surface area contributed by atoms with Gasteiger partial charge < -0.3 is 4.74 Å². The van der Waals surface area contributed by atoms with Crippen LogP contribution in [0.1, 0.15) is 0 Å². The molecule has 0 radical (unpaired) electrons. The molecule has 0 amide bonds.